The molecule has 0 radical (unpaired) electrons. The summed E-state index contributed by atoms with van der Waals surface area (Å²) in [6.45, 7) is 8.73. The van der Waals surface area contributed by atoms with E-state index in [1.54, 1.807) is 68.1 Å². The quantitative estimate of drug-likeness (QED) is 0.353. The van der Waals surface area contributed by atoms with E-state index in [1.807, 2.05) is 13.8 Å². The van der Waals surface area contributed by atoms with E-state index in [9.17, 15) is 23.1 Å². The maximum Gasteiger partial charge on any atom is 0.323 e. The van der Waals surface area contributed by atoms with Gasteiger partial charge in [-0.2, -0.15) is 4.31 Å². The first kappa shape index (κ1) is 31.0. The molecule has 0 saturated carbocycles. The summed E-state index contributed by atoms with van der Waals surface area (Å²) in [5, 5.41) is 19.2. The van der Waals surface area contributed by atoms with Gasteiger partial charge in [0.25, 0.3) is 5.91 Å². The normalized spacial score (nSPS) is 18.1. The SMILES string of the molecule is Cc1ccc(S(=O)(=O)N(C)C[C@@H]2Oc3c(NC(=O)Nc4c(C)noc4C)cccc3C(=O)N([C@H](C)CO)C[C@H]2C)cc1. The number of nitrogens with zero attached hydrogens (tertiary/aromatic N) is 3. The number of carbonyl (C=O) groups is 2. The second-order valence-electron chi connectivity index (χ2n) is 10.7. The Labute approximate surface area is 245 Å². The molecule has 3 aromatic rings. The molecule has 0 spiro atoms. The van der Waals surface area contributed by atoms with Gasteiger partial charge in [-0.1, -0.05) is 35.8 Å². The number of benzene rings is 2. The van der Waals surface area contributed by atoms with E-state index in [1.165, 1.54) is 11.4 Å². The molecule has 226 valence electrons. The second-order valence-corrected chi connectivity index (χ2v) is 12.7. The van der Waals surface area contributed by atoms with Crippen molar-refractivity contribution in [3.8, 4) is 5.75 Å². The number of para-hydroxylation sites is 1. The van der Waals surface area contributed by atoms with Crippen molar-refractivity contribution in [1.82, 2.24) is 14.4 Å². The number of sulfonamides is 1. The topological polar surface area (TPSA) is 154 Å². The van der Waals surface area contributed by atoms with Crippen LogP contribution in [0, 0.1) is 26.7 Å². The van der Waals surface area contributed by atoms with Crippen LogP contribution in [0.3, 0.4) is 0 Å². The number of hydrogen-bond donors (Lipinski definition) is 3. The summed E-state index contributed by atoms with van der Waals surface area (Å²) < 4.78 is 39.6. The summed E-state index contributed by atoms with van der Waals surface area (Å²) in [5.74, 6) is -0.203. The van der Waals surface area contributed by atoms with Crippen molar-refractivity contribution >= 4 is 33.3 Å². The molecule has 3 N–H and O–H groups in total. The molecule has 2 heterocycles. The van der Waals surface area contributed by atoms with Gasteiger partial charge in [0.05, 0.1) is 35.3 Å². The molecule has 0 bridgehead atoms. The third kappa shape index (κ3) is 6.42. The monoisotopic (exact) mass is 599 g/mol. The van der Waals surface area contributed by atoms with Gasteiger partial charge >= 0.3 is 6.03 Å². The van der Waals surface area contributed by atoms with Crippen LogP contribution in [-0.2, 0) is 10.0 Å². The minimum absolute atomic E-state index is 0.0358. The van der Waals surface area contributed by atoms with E-state index in [0.29, 0.717) is 17.1 Å². The number of aromatic nitrogens is 1. The lowest BCUT2D eigenvalue weighted by molar-refractivity contribution is 0.0389. The molecule has 42 heavy (non-hydrogen) atoms. The van der Waals surface area contributed by atoms with E-state index in [-0.39, 0.29) is 53.4 Å². The number of hydrogen-bond acceptors (Lipinski definition) is 8. The van der Waals surface area contributed by atoms with Crippen molar-refractivity contribution in [2.75, 3.05) is 37.4 Å². The van der Waals surface area contributed by atoms with Crippen LogP contribution in [0.2, 0.25) is 0 Å². The number of rotatable bonds is 8. The standard InChI is InChI=1S/C29H37N5O7S/c1-17-10-12-22(13-11-17)42(38,39)33(6)15-25-18(2)14-34(19(3)16-35)28(36)23-8-7-9-24(27(23)40-25)30-29(37)31-26-20(4)32-41-21(26)5/h7-13,18-19,25,35H,14-16H2,1-6H3,(H2,30,31,37)/t18-,19-,25+/m1/s1. The Bertz CT molecular complexity index is 1540. The molecular weight excluding hydrogens is 562 g/mol. The molecule has 13 heteroatoms. The average Bonchev–Trinajstić information content (AvgIpc) is 3.26. The molecular formula is C29H37N5O7S. The highest BCUT2D eigenvalue weighted by Crippen LogP contribution is 2.35. The lowest BCUT2D eigenvalue weighted by atomic mass is 9.99. The van der Waals surface area contributed by atoms with Gasteiger partial charge in [0.2, 0.25) is 10.0 Å². The summed E-state index contributed by atoms with van der Waals surface area (Å²) in [5.41, 5.74) is 2.24. The predicted molar refractivity (Wildman–Crippen MR) is 157 cm³/mol. The summed E-state index contributed by atoms with van der Waals surface area (Å²) in [6.07, 6.45) is -0.718. The van der Waals surface area contributed by atoms with Gasteiger partial charge in [0, 0.05) is 19.5 Å². The maximum atomic E-state index is 13.7. The number of nitrogens with one attached hydrogen (secondary N) is 2. The number of aliphatic hydroxyl groups excluding tert-OH is 1. The second kappa shape index (κ2) is 12.5. The molecule has 1 aromatic heterocycles. The van der Waals surface area contributed by atoms with Gasteiger partial charge in [-0.3, -0.25) is 4.79 Å². The van der Waals surface area contributed by atoms with Crippen LogP contribution in [0.4, 0.5) is 16.2 Å². The van der Waals surface area contributed by atoms with Crippen LogP contribution >= 0.6 is 0 Å². The lowest BCUT2D eigenvalue weighted by Crippen LogP contribution is -2.50. The molecule has 0 aliphatic carbocycles. The average molecular weight is 600 g/mol. The highest BCUT2D eigenvalue weighted by Gasteiger charge is 2.36. The molecule has 3 atom stereocenters. The van der Waals surface area contributed by atoms with Crippen LogP contribution in [-0.4, -0.2) is 78.7 Å². The summed E-state index contributed by atoms with van der Waals surface area (Å²) in [6, 6.07) is 10.2. The Morgan fingerprint density at radius 1 is 1.17 bits per heavy atom. The van der Waals surface area contributed by atoms with Gasteiger partial charge < -0.3 is 29.9 Å². The third-order valence-electron chi connectivity index (χ3n) is 7.38. The van der Waals surface area contributed by atoms with Crippen molar-refractivity contribution in [2.45, 2.75) is 51.7 Å². The van der Waals surface area contributed by atoms with Crippen molar-refractivity contribution in [3.05, 3.63) is 65.0 Å². The molecule has 4 rings (SSSR count). The lowest BCUT2D eigenvalue weighted by Gasteiger charge is -2.38. The number of aliphatic hydroxyl groups is 1. The first-order valence-corrected chi connectivity index (χ1v) is 15.0. The van der Waals surface area contributed by atoms with E-state index >= 15 is 0 Å². The van der Waals surface area contributed by atoms with Crippen LogP contribution in [0.25, 0.3) is 0 Å². The van der Waals surface area contributed by atoms with Crippen LogP contribution < -0.4 is 15.4 Å². The van der Waals surface area contributed by atoms with Crippen molar-refractivity contribution in [2.24, 2.45) is 5.92 Å². The number of anilines is 2. The number of likely N-dealkylation sites (N-methyl/N-ethyl adjacent to an activating group) is 1. The van der Waals surface area contributed by atoms with E-state index in [2.05, 4.69) is 15.8 Å². The molecule has 1 aliphatic rings. The first-order valence-electron chi connectivity index (χ1n) is 13.6. The Hall–Kier alpha value is -3.94. The summed E-state index contributed by atoms with van der Waals surface area (Å²) >= 11 is 0. The Morgan fingerprint density at radius 2 is 1.86 bits per heavy atom. The maximum absolute atomic E-state index is 13.7. The number of fused-ring (bicyclic) bond motifs is 1. The van der Waals surface area contributed by atoms with Gasteiger partial charge in [0.1, 0.15) is 17.5 Å². The minimum atomic E-state index is -3.85. The fourth-order valence-electron chi connectivity index (χ4n) is 4.73. The predicted octanol–water partition coefficient (Wildman–Crippen LogP) is 3.78. The molecule has 1 aliphatic heterocycles. The number of carbonyl (C=O) groups excluding carboxylic acids is 2. The molecule has 0 saturated heterocycles. The zero-order chi connectivity index (χ0) is 30.8. The van der Waals surface area contributed by atoms with E-state index in [4.69, 9.17) is 9.26 Å². The molecule has 3 amide bonds. The first-order chi connectivity index (χ1) is 19.8. The Balaban J connectivity index is 1.70. The fourth-order valence-corrected chi connectivity index (χ4v) is 5.91. The number of urea groups is 1. The van der Waals surface area contributed by atoms with Crippen molar-refractivity contribution in [3.63, 3.8) is 0 Å². The van der Waals surface area contributed by atoms with E-state index in [0.717, 1.165) is 5.56 Å². The molecule has 12 nitrogen and oxygen atoms in total. The fraction of sp³-hybridized carbons (Fsp3) is 0.414. The number of aryl methyl sites for hydroxylation is 3. The van der Waals surface area contributed by atoms with Crippen LogP contribution in [0.1, 0.15) is 41.2 Å². The zero-order valence-corrected chi connectivity index (χ0v) is 25.4. The smallest absolute Gasteiger partial charge is 0.323 e. The van der Waals surface area contributed by atoms with E-state index < -0.39 is 28.2 Å². The molecule has 0 fully saturated rings. The van der Waals surface area contributed by atoms with Gasteiger partial charge in [-0.15, -0.1) is 0 Å². The Morgan fingerprint density at radius 3 is 2.48 bits per heavy atom. The highest BCUT2D eigenvalue weighted by molar-refractivity contribution is 7.89. The summed E-state index contributed by atoms with van der Waals surface area (Å²) in [7, 11) is -2.37. The summed E-state index contributed by atoms with van der Waals surface area (Å²) in [4.78, 5) is 28.4. The van der Waals surface area contributed by atoms with Crippen LogP contribution in [0.5, 0.6) is 5.75 Å². The zero-order valence-electron chi connectivity index (χ0n) is 24.5. The van der Waals surface area contributed by atoms with Gasteiger partial charge in [-0.25, -0.2) is 13.2 Å². The molecule has 2 aromatic carbocycles. The van der Waals surface area contributed by atoms with Crippen LogP contribution in [0.15, 0.2) is 51.9 Å². The van der Waals surface area contributed by atoms with Crippen molar-refractivity contribution < 1.29 is 32.4 Å². The Kier molecular flexibility index (Phi) is 9.24. The molecule has 0 unspecified atom stereocenters. The number of amides is 3. The van der Waals surface area contributed by atoms with Gasteiger partial charge in [0.15, 0.2) is 11.5 Å². The largest absolute Gasteiger partial charge is 0.486 e. The third-order valence-corrected chi connectivity index (χ3v) is 9.22. The number of ether oxygens (including phenoxy) is 1. The highest BCUT2D eigenvalue weighted by atomic mass is 32.2. The van der Waals surface area contributed by atoms with Gasteiger partial charge in [-0.05, 0) is 52.0 Å². The van der Waals surface area contributed by atoms with Crippen molar-refractivity contribution in [1.29, 1.82) is 0 Å². The minimum Gasteiger partial charge on any atom is -0.486 e.